The molecule has 0 radical (unpaired) electrons. The molecule has 1 aromatic carbocycles. The molecule has 76 valence electrons. The molecular weight excluding hydrogens is 246 g/mol. The van der Waals surface area contributed by atoms with E-state index in [-0.39, 0.29) is 6.03 Å². The molecule has 0 saturated carbocycles. The number of hydrogen-bond acceptors (Lipinski definition) is 2. The number of nitrogens with one attached hydrogen (secondary N) is 1. The van der Waals surface area contributed by atoms with Crippen LogP contribution in [0.25, 0.3) is 0 Å². The minimum atomic E-state index is -0.338. The van der Waals surface area contributed by atoms with Crippen LogP contribution in [0, 0.1) is 6.92 Å². The van der Waals surface area contributed by atoms with Gasteiger partial charge >= 0.3 is 6.03 Å². The largest absolute Gasteiger partial charge is 0.335 e. The Morgan fingerprint density at radius 1 is 1.57 bits per heavy atom. The Morgan fingerprint density at radius 2 is 2.21 bits per heavy atom. The first-order chi connectivity index (χ1) is 6.50. The Balaban J connectivity index is 2.82. The zero-order chi connectivity index (χ0) is 10.7. The summed E-state index contributed by atoms with van der Waals surface area (Å²) in [6, 6.07) is 5.27. The quantitative estimate of drug-likeness (QED) is 0.460. The van der Waals surface area contributed by atoms with E-state index in [1.165, 1.54) is 7.05 Å². The van der Waals surface area contributed by atoms with Crippen molar-refractivity contribution in [1.29, 1.82) is 0 Å². The molecule has 3 N–H and O–H groups in total. The van der Waals surface area contributed by atoms with E-state index in [1.807, 2.05) is 25.1 Å². The van der Waals surface area contributed by atoms with Gasteiger partial charge in [0.25, 0.3) is 0 Å². The fourth-order valence-corrected chi connectivity index (χ4v) is 1.45. The monoisotopic (exact) mass is 257 g/mol. The number of hydrogen-bond donors (Lipinski definition) is 2. The van der Waals surface area contributed by atoms with Crippen LogP contribution in [-0.4, -0.2) is 18.1 Å². The highest BCUT2D eigenvalue weighted by atomic mass is 79.9. The zero-order valence-electron chi connectivity index (χ0n) is 8.04. The van der Waals surface area contributed by atoms with Gasteiger partial charge in [-0.1, -0.05) is 15.9 Å². The summed E-state index contributed by atoms with van der Waals surface area (Å²) in [6.07, 6.45) is 0. The Kier molecular flexibility index (Phi) is 3.49. The Morgan fingerprint density at radius 3 is 2.71 bits per heavy atom. The van der Waals surface area contributed by atoms with Crippen molar-refractivity contribution in [2.24, 2.45) is 5.84 Å². The molecule has 0 aliphatic heterocycles. The number of carbonyl (C=O) groups excluding carboxylic acids is 1. The van der Waals surface area contributed by atoms with Gasteiger partial charge in [0.05, 0.1) is 0 Å². The number of rotatable bonds is 1. The summed E-state index contributed by atoms with van der Waals surface area (Å²) < 4.78 is 0.981. The molecule has 5 heteroatoms. The van der Waals surface area contributed by atoms with Gasteiger partial charge in [-0.3, -0.25) is 5.01 Å². The van der Waals surface area contributed by atoms with Crippen LogP contribution < -0.4 is 11.2 Å². The Hall–Kier alpha value is -1.07. The van der Waals surface area contributed by atoms with Gasteiger partial charge in [0.2, 0.25) is 0 Å². The van der Waals surface area contributed by atoms with Crippen LogP contribution in [0.2, 0.25) is 0 Å². The van der Waals surface area contributed by atoms with Crippen molar-refractivity contribution in [1.82, 2.24) is 5.01 Å². The molecular formula is C9H12BrN3O. The van der Waals surface area contributed by atoms with Gasteiger partial charge in [-0.25, -0.2) is 10.6 Å². The van der Waals surface area contributed by atoms with Crippen LogP contribution in [0.4, 0.5) is 10.5 Å². The van der Waals surface area contributed by atoms with Crippen LogP contribution >= 0.6 is 15.9 Å². The molecule has 0 atom stereocenters. The van der Waals surface area contributed by atoms with E-state index >= 15 is 0 Å². The first-order valence-electron chi connectivity index (χ1n) is 4.06. The highest BCUT2D eigenvalue weighted by Crippen LogP contribution is 2.19. The van der Waals surface area contributed by atoms with Crippen molar-refractivity contribution in [2.75, 3.05) is 12.4 Å². The van der Waals surface area contributed by atoms with Gasteiger partial charge in [-0.15, -0.1) is 0 Å². The van der Waals surface area contributed by atoms with Crippen molar-refractivity contribution in [3.05, 3.63) is 28.2 Å². The molecule has 0 fully saturated rings. The van der Waals surface area contributed by atoms with E-state index in [9.17, 15) is 4.79 Å². The van der Waals surface area contributed by atoms with Gasteiger partial charge in [0, 0.05) is 17.2 Å². The Labute approximate surface area is 91.2 Å². The molecule has 0 bridgehead atoms. The minimum Gasteiger partial charge on any atom is -0.306 e. The molecule has 0 aromatic heterocycles. The van der Waals surface area contributed by atoms with E-state index in [4.69, 9.17) is 5.84 Å². The highest BCUT2D eigenvalue weighted by molar-refractivity contribution is 9.10. The average Bonchev–Trinajstić information content (AvgIpc) is 2.09. The lowest BCUT2D eigenvalue weighted by Crippen LogP contribution is -2.36. The summed E-state index contributed by atoms with van der Waals surface area (Å²) in [5.41, 5.74) is 1.74. The van der Waals surface area contributed by atoms with Crippen molar-refractivity contribution in [2.45, 2.75) is 6.92 Å². The summed E-state index contributed by atoms with van der Waals surface area (Å²) in [6.45, 7) is 1.91. The second-order valence-electron chi connectivity index (χ2n) is 3.00. The lowest BCUT2D eigenvalue weighted by molar-refractivity contribution is 0.223. The highest BCUT2D eigenvalue weighted by Gasteiger charge is 2.06. The second-order valence-corrected chi connectivity index (χ2v) is 3.92. The normalized spacial score (nSPS) is 9.71. The number of nitrogens with two attached hydrogens (primary N) is 1. The first kappa shape index (κ1) is 11.0. The van der Waals surface area contributed by atoms with Crippen LogP contribution in [0.3, 0.4) is 0 Å². The molecule has 1 aromatic rings. The molecule has 14 heavy (non-hydrogen) atoms. The summed E-state index contributed by atoms with van der Waals surface area (Å²) in [4.78, 5) is 11.2. The number of aryl methyl sites for hydroxylation is 1. The molecule has 2 amide bonds. The van der Waals surface area contributed by atoms with Crippen molar-refractivity contribution in [3.63, 3.8) is 0 Å². The van der Waals surface area contributed by atoms with E-state index in [1.54, 1.807) is 0 Å². The van der Waals surface area contributed by atoms with Crippen molar-refractivity contribution in [3.8, 4) is 0 Å². The van der Waals surface area contributed by atoms with Gasteiger partial charge < -0.3 is 5.32 Å². The van der Waals surface area contributed by atoms with Crippen molar-refractivity contribution < 1.29 is 4.79 Å². The number of amides is 2. The summed E-state index contributed by atoms with van der Waals surface area (Å²) in [5, 5.41) is 3.68. The van der Waals surface area contributed by atoms with Crippen LogP contribution in [0.5, 0.6) is 0 Å². The third-order valence-electron chi connectivity index (χ3n) is 1.75. The molecule has 1 rings (SSSR count). The summed E-state index contributed by atoms with van der Waals surface area (Å²) in [5.74, 6) is 5.28. The second kappa shape index (κ2) is 4.43. The molecule has 0 spiro atoms. The molecule has 0 aliphatic carbocycles. The third kappa shape index (κ3) is 2.71. The van der Waals surface area contributed by atoms with Gasteiger partial charge in [0.15, 0.2) is 0 Å². The maximum Gasteiger partial charge on any atom is 0.335 e. The smallest absolute Gasteiger partial charge is 0.306 e. The van der Waals surface area contributed by atoms with Gasteiger partial charge in [0.1, 0.15) is 0 Å². The predicted molar refractivity (Wildman–Crippen MR) is 59.8 cm³/mol. The lowest BCUT2D eigenvalue weighted by atomic mass is 10.2. The number of hydrazine groups is 1. The topological polar surface area (TPSA) is 58.4 Å². The predicted octanol–water partition coefficient (Wildman–Crippen LogP) is 2.09. The van der Waals surface area contributed by atoms with E-state index in [0.29, 0.717) is 0 Å². The first-order valence-corrected chi connectivity index (χ1v) is 4.85. The fraction of sp³-hybridized carbons (Fsp3) is 0.222. The number of benzene rings is 1. The SMILES string of the molecule is Cc1cc(Br)ccc1NC(=O)N(C)N. The molecule has 0 aliphatic rings. The summed E-state index contributed by atoms with van der Waals surface area (Å²) in [7, 11) is 1.49. The van der Waals surface area contributed by atoms with Crippen LogP contribution in [-0.2, 0) is 0 Å². The van der Waals surface area contributed by atoms with E-state index < -0.39 is 0 Å². The number of halogens is 1. The number of carbonyl (C=O) groups is 1. The molecule has 0 heterocycles. The van der Waals surface area contributed by atoms with Crippen LogP contribution in [0.1, 0.15) is 5.56 Å². The number of nitrogens with zero attached hydrogens (tertiary/aromatic N) is 1. The van der Waals surface area contributed by atoms with Crippen LogP contribution in [0.15, 0.2) is 22.7 Å². The molecule has 4 nitrogen and oxygen atoms in total. The van der Waals surface area contributed by atoms with E-state index in [2.05, 4.69) is 21.2 Å². The average molecular weight is 258 g/mol. The fourth-order valence-electron chi connectivity index (χ4n) is 0.971. The number of urea groups is 1. The summed E-state index contributed by atoms with van der Waals surface area (Å²) >= 11 is 3.34. The molecule has 0 unspecified atom stereocenters. The Bertz CT molecular complexity index is 352. The lowest BCUT2D eigenvalue weighted by Gasteiger charge is -2.13. The van der Waals surface area contributed by atoms with Gasteiger partial charge in [-0.2, -0.15) is 0 Å². The maximum atomic E-state index is 11.2. The minimum absolute atomic E-state index is 0.338. The third-order valence-corrected chi connectivity index (χ3v) is 2.24. The maximum absolute atomic E-state index is 11.2. The van der Waals surface area contributed by atoms with E-state index in [0.717, 1.165) is 20.7 Å². The number of anilines is 1. The van der Waals surface area contributed by atoms with Crippen molar-refractivity contribution >= 4 is 27.6 Å². The molecule has 0 saturated heterocycles. The zero-order valence-corrected chi connectivity index (χ0v) is 9.63. The van der Waals surface area contributed by atoms with Gasteiger partial charge in [-0.05, 0) is 30.7 Å². The standard InChI is InChI=1S/C9H12BrN3O/c1-6-5-7(10)3-4-8(6)12-9(14)13(2)11/h3-5H,11H2,1-2H3,(H,12,14).